The normalized spacial score (nSPS) is 10.2. The minimum atomic E-state index is 0.125. The van der Waals surface area contributed by atoms with E-state index in [1.54, 1.807) is 0 Å². The molecule has 3 aromatic rings. The van der Waals surface area contributed by atoms with Crippen molar-refractivity contribution in [1.82, 2.24) is 0 Å². The average molecular weight is 449 g/mol. The molecule has 4 nitrogen and oxygen atoms in total. The van der Waals surface area contributed by atoms with Gasteiger partial charge in [0.1, 0.15) is 17.7 Å². The molecule has 0 radical (unpaired) electrons. The van der Waals surface area contributed by atoms with Crippen molar-refractivity contribution in [3.8, 4) is 12.1 Å². The molecule has 0 amide bonds. The van der Waals surface area contributed by atoms with Crippen LogP contribution in [0.4, 0.5) is 11.4 Å². The Morgan fingerprint density at radius 2 is 0.912 bits per heavy atom. The third-order valence-electron chi connectivity index (χ3n) is 6.25. The number of nitrogens with zero attached hydrogens (tertiary/aromatic N) is 4. The summed E-state index contributed by atoms with van der Waals surface area (Å²) >= 11 is 0. The van der Waals surface area contributed by atoms with E-state index < -0.39 is 0 Å². The number of nitriles is 2. The largest absolute Gasteiger partial charge is 0.372 e. The summed E-state index contributed by atoms with van der Waals surface area (Å²) in [6, 6.07) is 29.1. The van der Waals surface area contributed by atoms with Crippen molar-refractivity contribution in [2.75, 3.05) is 36.0 Å². The molecule has 4 heteroatoms. The lowest BCUT2D eigenvalue weighted by molar-refractivity contribution is 0.866. The van der Waals surface area contributed by atoms with Gasteiger partial charge >= 0.3 is 0 Å². The second kappa shape index (κ2) is 11.7. The highest BCUT2D eigenvalue weighted by atomic mass is 15.1. The first kappa shape index (κ1) is 24.6. The summed E-state index contributed by atoms with van der Waals surface area (Å²) in [5.41, 5.74) is 5.93. The van der Waals surface area contributed by atoms with Crippen molar-refractivity contribution in [1.29, 1.82) is 10.5 Å². The van der Waals surface area contributed by atoms with E-state index in [0.29, 0.717) is 5.22 Å². The minimum absolute atomic E-state index is 0.125. The minimum Gasteiger partial charge on any atom is -0.372 e. The highest BCUT2D eigenvalue weighted by molar-refractivity contribution is 5.81. The molecule has 34 heavy (non-hydrogen) atoms. The van der Waals surface area contributed by atoms with Gasteiger partial charge in [-0.25, -0.2) is 0 Å². The third kappa shape index (κ3) is 5.30. The monoisotopic (exact) mass is 448 g/mol. The second-order valence-electron chi connectivity index (χ2n) is 7.99. The fraction of sp³-hybridized carbons (Fsp3) is 0.267. The van der Waals surface area contributed by atoms with Crippen LogP contribution in [0.2, 0.25) is 0 Å². The summed E-state index contributed by atoms with van der Waals surface area (Å²) in [7, 11) is 0. The Labute approximate surface area is 203 Å². The Balaban J connectivity index is 2.19. The highest BCUT2D eigenvalue weighted by Gasteiger charge is 2.10. The lowest BCUT2D eigenvalue weighted by Gasteiger charge is -2.22. The van der Waals surface area contributed by atoms with Crippen LogP contribution >= 0.6 is 0 Å². The zero-order chi connectivity index (χ0) is 24.5. The van der Waals surface area contributed by atoms with Crippen molar-refractivity contribution in [3.63, 3.8) is 0 Å². The Kier molecular flexibility index (Phi) is 8.49. The van der Waals surface area contributed by atoms with Gasteiger partial charge in [-0.05, 0) is 73.9 Å². The summed E-state index contributed by atoms with van der Waals surface area (Å²) in [5.74, 6) is 0. The van der Waals surface area contributed by atoms with E-state index in [2.05, 4.69) is 86.0 Å². The second-order valence-corrected chi connectivity index (χ2v) is 7.99. The van der Waals surface area contributed by atoms with Gasteiger partial charge in [0.15, 0.2) is 0 Å². The zero-order valence-corrected chi connectivity index (χ0v) is 20.5. The molecule has 0 aromatic heterocycles. The highest BCUT2D eigenvalue weighted by Crippen LogP contribution is 2.26. The summed E-state index contributed by atoms with van der Waals surface area (Å²) in [4.78, 5) is 4.66. The molecule has 0 bridgehead atoms. The third-order valence-corrected chi connectivity index (χ3v) is 6.25. The van der Waals surface area contributed by atoms with Crippen LogP contribution in [0.25, 0.3) is 11.1 Å². The summed E-state index contributed by atoms with van der Waals surface area (Å²) in [5, 5.41) is 20.1. The van der Waals surface area contributed by atoms with E-state index in [1.807, 2.05) is 36.4 Å². The number of anilines is 2. The maximum Gasteiger partial charge on any atom is 0.136 e. The molecular formula is C30H32N4. The van der Waals surface area contributed by atoms with Crippen LogP contribution in [-0.4, -0.2) is 26.2 Å². The SMILES string of the molecule is CCN(CC)c1ccc(C(c2ccc(N(CC)CC)cc2)=c2ccc(=C(C#N)C#N)cc2)cc1. The first-order valence-corrected chi connectivity index (χ1v) is 12.0. The number of hydrogen-bond acceptors (Lipinski definition) is 4. The van der Waals surface area contributed by atoms with Crippen LogP contribution in [0.1, 0.15) is 38.8 Å². The van der Waals surface area contributed by atoms with Crippen molar-refractivity contribution in [2.24, 2.45) is 0 Å². The number of hydrogen-bond donors (Lipinski definition) is 0. The molecular weight excluding hydrogens is 416 g/mol. The summed E-state index contributed by atoms with van der Waals surface area (Å²) in [6.07, 6.45) is 0. The van der Waals surface area contributed by atoms with Gasteiger partial charge in [0.2, 0.25) is 0 Å². The van der Waals surface area contributed by atoms with Crippen molar-refractivity contribution < 1.29 is 0 Å². The summed E-state index contributed by atoms with van der Waals surface area (Å²) < 4.78 is 0. The van der Waals surface area contributed by atoms with Gasteiger partial charge in [-0.1, -0.05) is 48.5 Å². The number of rotatable bonds is 8. The van der Waals surface area contributed by atoms with Crippen LogP contribution in [0.3, 0.4) is 0 Å². The Morgan fingerprint density at radius 3 is 1.24 bits per heavy atom. The molecule has 0 aliphatic rings. The molecule has 0 N–H and O–H groups in total. The van der Waals surface area contributed by atoms with Gasteiger partial charge in [-0.15, -0.1) is 0 Å². The van der Waals surface area contributed by atoms with Gasteiger partial charge in [-0.2, -0.15) is 10.5 Å². The standard InChI is InChI=1S/C30H32N4/c1-5-33(6-2)28-17-13-25(14-18-28)30(24-11-9-23(10-12-24)27(21-31)22-32)26-15-19-29(20-16-26)34(7-3)8-4/h9-20H,5-8H2,1-4H3. The van der Waals surface area contributed by atoms with Crippen LogP contribution in [0, 0.1) is 22.7 Å². The molecule has 0 fully saturated rings. The molecule has 0 aliphatic carbocycles. The molecule has 0 spiro atoms. The van der Waals surface area contributed by atoms with Gasteiger partial charge in [0.25, 0.3) is 0 Å². The predicted octanol–water partition coefficient (Wildman–Crippen LogP) is 4.82. The molecule has 0 heterocycles. The van der Waals surface area contributed by atoms with Crippen molar-refractivity contribution in [2.45, 2.75) is 27.7 Å². The van der Waals surface area contributed by atoms with Gasteiger partial charge in [0, 0.05) is 42.8 Å². The lowest BCUT2D eigenvalue weighted by atomic mass is 9.94. The first-order chi connectivity index (χ1) is 16.6. The van der Waals surface area contributed by atoms with E-state index >= 15 is 0 Å². The lowest BCUT2D eigenvalue weighted by Crippen LogP contribution is -2.22. The molecule has 172 valence electrons. The summed E-state index contributed by atoms with van der Waals surface area (Å²) in [6.45, 7) is 12.6. The number of benzene rings is 3. The van der Waals surface area contributed by atoms with E-state index in [4.69, 9.17) is 0 Å². The topological polar surface area (TPSA) is 54.1 Å². The fourth-order valence-corrected chi connectivity index (χ4v) is 4.31. The maximum absolute atomic E-state index is 9.21. The van der Waals surface area contributed by atoms with Crippen LogP contribution < -0.4 is 20.2 Å². The van der Waals surface area contributed by atoms with E-state index in [9.17, 15) is 10.5 Å². The maximum atomic E-state index is 9.21. The first-order valence-electron chi connectivity index (χ1n) is 12.0. The van der Waals surface area contributed by atoms with Crippen molar-refractivity contribution in [3.05, 3.63) is 94.4 Å². The Morgan fingerprint density at radius 1 is 0.559 bits per heavy atom. The van der Waals surface area contributed by atoms with Gasteiger partial charge in [0.05, 0.1) is 0 Å². The van der Waals surface area contributed by atoms with Crippen LogP contribution in [-0.2, 0) is 0 Å². The molecule has 0 saturated carbocycles. The smallest absolute Gasteiger partial charge is 0.136 e. The Hall–Kier alpha value is -4.02. The van der Waals surface area contributed by atoms with Gasteiger partial charge < -0.3 is 9.80 Å². The zero-order valence-electron chi connectivity index (χ0n) is 20.5. The predicted molar refractivity (Wildman–Crippen MR) is 142 cm³/mol. The Bertz CT molecular complexity index is 1200. The molecule has 0 aliphatic heterocycles. The fourth-order valence-electron chi connectivity index (χ4n) is 4.31. The molecule has 0 atom stereocenters. The average Bonchev–Trinajstić information content (AvgIpc) is 2.89. The molecule has 3 rings (SSSR count). The molecule has 3 aromatic carbocycles. The van der Waals surface area contributed by atoms with Crippen molar-refractivity contribution >= 4 is 22.5 Å². The molecule has 0 unspecified atom stereocenters. The quantitative estimate of drug-likeness (QED) is 0.496. The van der Waals surface area contributed by atoms with E-state index in [-0.39, 0.29) is 5.57 Å². The molecule has 0 saturated heterocycles. The van der Waals surface area contributed by atoms with Crippen LogP contribution in [0.15, 0.2) is 72.8 Å². The van der Waals surface area contributed by atoms with E-state index in [0.717, 1.165) is 48.1 Å². The van der Waals surface area contributed by atoms with E-state index in [1.165, 1.54) is 11.4 Å². The van der Waals surface area contributed by atoms with Gasteiger partial charge in [-0.3, -0.25) is 0 Å². The van der Waals surface area contributed by atoms with Crippen LogP contribution in [0.5, 0.6) is 0 Å².